The van der Waals surface area contributed by atoms with Gasteiger partial charge in [-0.1, -0.05) is 19.1 Å². The van der Waals surface area contributed by atoms with Crippen molar-refractivity contribution in [2.24, 2.45) is 0 Å². The molecule has 110 valence electrons. The Bertz CT molecular complexity index is 391. The largest absolute Gasteiger partial charge is 0.381 e. The minimum atomic E-state index is 0.639. The van der Waals surface area contributed by atoms with Crippen LogP contribution in [0.4, 0.5) is 5.69 Å². The van der Waals surface area contributed by atoms with Crippen molar-refractivity contribution in [3.05, 3.63) is 29.8 Å². The van der Waals surface area contributed by atoms with E-state index in [9.17, 15) is 0 Å². The number of ether oxygens (including phenoxy) is 1. The first kappa shape index (κ1) is 14.2. The molecule has 3 rings (SSSR count). The van der Waals surface area contributed by atoms with Crippen LogP contribution in [0.15, 0.2) is 24.3 Å². The molecule has 0 radical (unpaired) electrons. The number of morpholine rings is 1. The van der Waals surface area contributed by atoms with E-state index in [1.807, 2.05) is 0 Å². The van der Waals surface area contributed by atoms with E-state index in [4.69, 9.17) is 4.74 Å². The lowest BCUT2D eigenvalue weighted by molar-refractivity contribution is 0.0342. The zero-order chi connectivity index (χ0) is 13.8. The summed E-state index contributed by atoms with van der Waals surface area (Å²) in [5.41, 5.74) is 2.65. The fourth-order valence-corrected chi connectivity index (χ4v) is 4.03. The van der Waals surface area contributed by atoms with Crippen molar-refractivity contribution in [1.82, 2.24) is 4.90 Å². The number of hydrogen-bond donors (Lipinski definition) is 1. The van der Waals surface area contributed by atoms with Gasteiger partial charge in [0.25, 0.3) is 0 Å². The maximum atomic E-state index is 5.39. The van der Waals surface area contributed by atoms with E-state index in [2.05, 4.69) is 53.2 Å². The molecule has 0 amide bonds. The first-order chi connectivity index (χ1) is 9.79. The summed E-state index contributed by atoms with van der Waals surface area (Å²) in [4.78, 5) is 2.46. The Morgan fingerprint density at radius 2 is 2.00 bits per heavy atom. The average Bonchev–Trinajstić information content (AvgIpc) is 2.88. The van der Waals surface area contributed by atoms with Crippen molar-refractivity contribution in [1.29, 1.82) is 0 Å². The molecule has 1 aromatic rings. The van der Waals surface area contributed by atoms with E-state index in [0.717, 1.165) is 38.1 Å². The van der Waals surface area contributed by atoms with Gasteiger partial charge in [0, 0.05) is 42.4 Å². The number of rotatable bonds is 4. The molecule has 0 bridgehead atoms. The van der Waals surface area contributed by atoms with Gasteiger partial charge in [0.15, 0.2) is 0 Å². The summed E-state index contributed by atoms with van der Waals surface area (Å²) in [7, 11) is 0. The maximum absolute atomic E-state index is 5.39. The van der Waals surface area contributed by atoms with Gasteiger partial charge in [-0.05, 0) is 24.1 Å². The second kappa shape index (κ2) is 6.83. The van der Waals surface area contributed by atoms with E-state index < -0.39 is 0 Å². The normalized spacial score (nSPS) is 27.6. The first-order valence-electron chi connectivity index (χ1n) is 7.57. The van der Waals surface area contributed by atoms with Gasteiger partial charge in [-0.15, -0.1) is 0 Å². The number of nitrogens with one attached hydrogen (secondary N) is 1. The quantitative estimate of drug-likeness (QED) is 0.922. The van der Waals surface area contributed by atoms with Crippen molar-refractivity contribution in [2.75, 3.05) is 37.4 Å². The molecule has 4 heteroatoms. The Kier molecular flexibility index (Phi) is 4.86. The Balaban J connectivity index is 1.51. The van der Waals surface area contributed by atoms with Crippen LogP contribution in [-0.4, -0.2) is 48.2 Å². The highest BCUT2D eigenvalue weighted by molar-refractivity contribution is 8.00. The zero-order valence-corrected chi connectivity index (χ0v) is 13.0. The van der Waals surface area contributed by atoms with E-state index in [-0.39, 0.29) is 0 Å². The monoisotopic (exact) mass is 292 g/mol. The zero-order valence-electron chi connectivity index (χ0n) is 12.2. The average molecular weight is 292 g/mol. The first-order valence-corrected chi connectivity index (χ1v) is 8.61. The SMILES string of the molecule is CC1CC(Nc2ccc(CN3CCOCC3)cc2)CS1. The number of hydrogen-bond acceptors (Lipinski definition) is 4. The Morgan fingerprint density at radius 3 is 2.65 bits per heavy atom. The minimum absolute atomic E-state index is 0.639. The van der Waals surface area contributed by atoms with Crippen LogP contribution in [0, 0.1) is 0 Å². The summed E-state index contributed by atoms with van der Waals surface area (Å²) in [6.07, 6.45) is 1.28. The summed E-state index contributed by atoms with van der Waals surface area (Å²) >= 11 is 2.07. The summed E-state index contributed by atoms with van der Waals surface area (Å²) in [6.45, 7) is 7.21. The van der Waals surface area contributed by atoms with Gasteiger partial charge >= 0.3 is 0 Å². The van der Waals surface area contributed by atoms with Crippen LogP contribution < -0.4 is 5.32 Å². The number of thioether (sulfide) groups is 1. The lowest BCUT2D eigenvalue weighted by Gasteiger charge is -2.26. The van der Waals surface area contributed by atoms with Crippen LogP contribution in [-0.2, 0) is 11.3 Å². The van der Waals surface area contributed by atoms with Crippen molar-refractivity contribution >= 4 is 17.4 Å². The molecule has 20 heavy (non-hydrogen) atoms. The van der Waals surface area contributed by atoms with Gasteiger partial charge in [-0.3, -0.25) is 4.90 Å². The predicted octanol–water partition coefficient (Wildman–Crippen LogP) is 2.82. The summed E-state index contributed by atoms with van der Waals surface area (Å²) in [5.74, 6) is 1.23. The smallest absolute Gasteiger partial charge is 0.0594 e. The topological polar surface area (TPSA) is 24.5 Å². The molecule has 2 unspecified atom stereocenters. The van der Waals surface area contributed by atoms with Crippen molar-refractivity contribution in [3.63, 3.8) is 0 Å². The molecule has 0 aromatic heterocycles. The number of nitrogens with zero attached hydrogens (tertiary/aromatic N) is 1. The molecule has 2 fully saturated rings. The van der Waals surface area contributed by atoms with Crippen LogP contribution in [0.5, 0.6) is 0 Å². The minimum Gasteiger partial charge on any atom is -0.381 e. The molecule has 0 aliphatic carbocycles. The number of anilines is 1. The van der Waals surface area contributed by atoms with Crippen LogP contribution in [0.3, 0.4) is 0 Å². The third kappa shape index (κ3) is 3.90. The highest BCUT2D eigenvalue weighted by Gasteiger charge is 2.21. The van der Waals surface area contributed by atoms with Crippen LogP contribution in [0.2, 0.25) is 0 Å². The summed E-state index contributed by atoms with van der Waals surface area (Å²) in [5, 5.41) is 4.45. The Morgan fingerprint density at radius 1 is 1.25 bits per heavy atom. The highest BCUT2D eigenvalue weighted by atomic mass is 32.2. The third-order valence-electron chi connectivity index (χ3n) is 4.03. The third-order valence-corrected chi connectivity index (χ3v) is 5.39. The molecule has 2 saturated heterocycles. The molecule has 2 aliphatic rings. The van der Waals surface area contributed by atoms with Gasteiger partial charge in [0.05, 0.1) is 13.2 Å². The fraction of sp³-hybridized carbons (Fsp3) is 0.625. The molecule has 1 N–H and O–H groups in total. The standard InChI is InChI=1S/C16H24N2OS/c1-13-10-16(12-20-13)17-15-4-2-14(3-5-15)11-18-6-8-19-9-7-18/h2-5,13,16-17H,6-12H2,1H3. The van der Waals surface area contributed by atoms with Gasteiger partial charge in [-0.2, -0.15) is 11.8 Å². The van der Waals surface area contributed by atoms with E-state index in [0.29, 0.717) is 6.04 Å². The molecule has 3 nitrogen and oxygen atoms in total. The van der Waals surface area contributed by atoms with E-state index in [1.165, 1.54) is 23.4 Å². The summed E-state index contributed by atoms with van der Waals surface area (Å²) in [6, 6.07) is 9.60. The molecule has 2 atom stereocenters. The molecule has 1 aromatic carbocycles. The molecule has 2 heterocycles. The lowest BCUT2D eigenvalue weighted by atomic mass is 10.1. The predicted molar refractivity (Wildman–Crippen MR) is 86.5 cm³/mol. The van der Waals surface area contributed by atoms with Crippen molar-refractivity contribution in [2.45, 2.75) is 31.2 Å². The fourth-order valence-electron chi connectivity index (χ4n) is 2.88. The van der Waals surface area contributed by atoms with Gasteiger partial charge in [-0.25, -0.2) is 0 Å². The van der Waals surface area contributed by atoms with Crippen LogP contribution in [0.1, 0.15) is 18.9 Å². The summed E-state index contributed by atoms with van der Waals surface area (Å²) < 4.78 is 5.39. The van der Waals surface area contributed by atoms with Crippen molar-refractivity contribution < 1.29 is 4.74 Å². The van der Waals surface area contributed by atoms with Gasteiger partial charge in [0.2, 0.25) is 0 Å². The number of benzene rings is 1. The molecule has 0 spiro atoms. The molecular formula is C16H24N2OS. The Hall–Kier alpha value is -0.710. The molecular weight excluding hydrogens is 268 g/mol. The highest BCUT2D eigenvalue weighted by Crippen LogP contribution is 2.28. The second-order valence-corrected chi connectivity index (χ2v) is 7.28. The second-order valence-electron chi connectivity index (χ2n) is 5.81. The van der Waals surface area contributed by atoms with Gasteiger partial charge < -0.3 is 10.1 Å². The molecule has 2 aliphatic heterocycles. The maximum Gasteiger partial charge on any atom is 0.0594 e. The molecule has 0 saturated carbocycles. The van der Waals surface area contributed by atoms with E-state index >= 15 is 0 Å². The van der Waals surface area contributed by atoms with Crippen LogP contribution >= 0.6 is 11.8 Å². The Labute approximate surface area is 126 Å². The van der Waals surface area contributed by atoms with Gasteiger partial charge in [0.1, 0.15) is 0 Å². The van der Waals surface area contributed by atoms with Crippen LogP contribution in [0.25, 0.3) is 0 Å². The van der Waals surface area contributed by atoms with Crippen molar-refractivity contribution in [3.8, 4) is 0 Å². The van der Waals surface area contributed by atoms with E-state index in [1.54, 1.807) is 0 Å². The lowest BCUT2D eigenvalue weighted by Crippen LogP contribution is -2.35.